The van der Waals surface area contributed by atoms with Gasteiger partial charge in [0.15, 0.2) is 5.78 Å². The molecule has 1 aliphatic heterocycles. The van der Waals surface area contributed by atoms with Crippen LogP contribution < -0.4 is 4.90 Å². The van der Waals surface area contributed by atoms with Crippen LogP contribution in [-0.2, 0) is 24.9 Å². The minimum Gasteiger partial charge on any atom is -0.512 e. The molecule has 1 N–H and O–H groups in total. The van der Waals surface area contributed by atoms with E-state index in [-0.39, 0.29) is 31.6 Å². The summed E-state index contributed by atoms with van der Waals surface area (Å²) in [5.41, 5.74) is 4.86. The van der Waals surface area contributed by atoms with Gasteiger partial charge in [-0.05, 0) is 44.7 Å². The number of aliphatic hydroxyl groups excluding tert-OH is 1. The molecule has 0 atom stereocenters. The number of ketones is 1. The average Bonchev–Trinajstić information content (AvgIpc) is 3.43. The Bertz CT molecular complexity index is 1530. The molecule has 3 heterocycles. The van der Waals surface area contributed by atoms with E-state index in [2.05, 4.69) is 82.8 Å². The molecule has 169 valence electrons. The largest absolute Gasteiger partial charge is 0.512 e. The summed E-state index contributed by atoms with van der Waals surface area (Å²) in [7, 11) is 2.03. The van der Waals surface area contributed by atoms with Crippen molar-refractivity contribution in [2.24, 2.45) is 0 Å². The van der Waals surface area contributed by atoms with Gasteiger partial charge in [-0.25, -0.2) is 0 Å². The number of aromatic nitrogens is 1. The second kappa shape index (κ2) is 8.89. The molecule has 5 aromatic rings. The molecule has 6 heteroatoms. The van der Waals surface area contributed by atoms with Gasteiger partial charge in [0.1, 0.15) is 0 Å². The number of hydrogen-bond acceptors (Lipinski definition) is 4. The third-order valence-corrected chi connectivity index (χ3v) is 5.60. The molecule has 3 aromatic carbocycles. The summed E-state index contributed by atoms with van der Waals surface area (Å²) in [5.74, 6) is -0.0625. The Morgan fingerprint density at radius 3 is 2.30 bits per heavy atom. The van der Waals surface area contributed by atoms with Gasteiger partial charge >= 0.3 is 0 Å². The molecule has 5 nitrogen and oxygen atoms in total. The molecule has 0 spiro atoms. The van der Waals surface area contributed by atoms with Crippen molar-refractivity contribution in [3.05, 3.63) is 91.6 Å². The Morgan fingerprint density at radius 2 is 1.67 bits per heavy atom. The van der Waals surface area contributed by atoms with Crippen LogP contribution in [0, 0.1) is 12.7 Å². The number of allylic oxidation sites excluding steroid dienone is 2. The van der Waals surface area contributed by atoms with Crippen molar-refractivity contribution in [3.8, 4) is 0 Å². The van der Waals surface area contributed by atoms with Gasteiger partial charge in [0.05, 0.1) is 11.3 Å². The molecule has 0 aliphatic carbocycles. The molecule has 6 rings (SSSR count). The first-order valence-electron chi connectivity index (χ1n) is 10.4. The van der Waals surface area contributed by atoms with Crippen molar-refractivity contribution in [2.45, 2.75) is 13.8 Å². The summed E-state index contributed by atoms with van der Waals surface area (Å²) >= 11 is 0. The number of nitrogens with zero attached hydrogens (tertiary/aromatic N) is 3. The van der Waals surface area contributed by atoms with E-state index in [4.69, 9.17) is 5.11 Å². The van der Waals surface area contributed by atoms with Crippen LogP contribution in [0.3, 0.4) is 0 Å². The minimum absolute atomic E-state index is 0. The van der Waals surface area contributed by atoms with Gasteiger partial charge in [0.25, 0.3) is 0 Å². The number of fused-ring (bicyclic) bond motifs is 6. The normalized spacial score (nSPS) is 13.7. The molecular formula is C27H23IrN3O2-2. The maximum atomic E-state index is 10.0. The molecular weight excluding hydrogens is 591 g/mol. The van der Waals surface area contributed by atoms with Crippen LogP contribution in [0.5, 0.6) is 0 Å². The van der Waals surface area contributed by atoms with E-state index in [1.807, 2.05) is 18.1 Å². The maximum absolute atomic E-state index is 10.0. The smallest absolute Gasteiger partial charge is 0.155 e. The Balaban J connectivity index is 0.000000287. The third-order valence-electron chi connectivity index (χ3n) is 5.60. The van der Waals surface area contributed by atoms with E-state index in [0.29, 0.717) is 0 Å². The molecule has 0 fully saturated rings. The van der Waals surface area contributed by atoms with E-state index in [1.165, 1.54) is 58.0 Å². The quantitative estimate of drug-likeness (QED) is 0.151. The van der Waals surface area contributed by atoms with Gasteiger partial charge < -0.3 is 19.3 Å². The molecule has 2 aromatic heterocycles. The predicted molar refractivity (Wildman–Crippen MR) is 131 cm³/mol. The number of para-hydroxylation sites is 2. The number of carbonyl (C=O) groups excluding carboxylic acids is 1. The monoisotopic (exact) mass is 614 g/mol. The van der Waals surface area contributed by atoms with Crippen molar-refractivity contribution in [1.82, 2.24) is 9.30 Å². The van der Waals surface area contributed by atoms with E-state index >= 15 is 0 Å². The van der Waals surface area contributed by atoms with E-state index in [9.17, 15) is 4.79 Å². The van der Waals surface area contributed by atoms with Crippen molar-refractivity contribution >= 4 is 49.6 Å². The standard InChI is InChI=1S/C22H15N3.C5H8O2.Ir/c1-23-11-12-24(14-23)15-9-10-17-19-7-4-6-18-16-5-2-3-8-20(16)25(22(18)19)21(17)13-15;1-4(6)3-5(2)7;/h2-8,10-14H,1H3;3,6H,1-2H3;/q-2;;/b;4-3-;. The van der Waals surface area contributed by atoms with Crippen LogP contribution in [0.4, 0.5) is 5.69 Å². The van der Waals surface area contributed by atoms with Crippen LogP contribution in [0.15, 0.2) is 78.8 Å². The molecule has 33 heavy (non-hydrogen) atoms. The Labute approximate surface area is 205 Å². The number of rotatable bonds is 2. The molecule has 1 radical (unpaired) electrons. The molecule has 0 amide bonds. The number of hydrogen-bond donors (Lipinski definition) is 1. The van der Waals surface area contributed by atoms with Crippen molar-refractivity contribution in [3.63, 3.8) is 0 Å². The molecule has 0 saturated heterocycles. The second-order valence-electron chi connectivity index (χ2n) is 8.05. The molecule has 1 aliphatic rings. The maximum Gasteiger partial charge on any atom is 0.155 e. The van der Waals surface area contributed by atoms with Crippen LogP contribution >= 0.6 is 0 Å². The van der Waals surface area contributed by atoms with Gasteiger partial charge in [-0.15, -0.1) is 17.1 Å². The van der Waals surface area contributed by atoms with E-state index < -0.39 is 0 Å². The van der Waals surface area contributed by atoms with Crippen LogP contribution in [0.1, 0.15) is 13.8 Å². The minimum atomic E-state index is -0.125. The zero-order chi connectivity index (χ0) is 22.4. The molecule has 0 saturated carbocycles. The SMILES string of the molecule is CC(=O)/C=C(/C)O.CN1C=CN(c2[c-]cc3c4cccc5c6ccccc6n(c3c2)c54)[CH-]1.[Ir]. The van der Waals surface area contributed by atoms with Crippen molar-refractivity contribution < 1.29 is 30.0 Å². The number of carbonyl (C=O) groups is 1. The first-order chi connectivity index (χ1) is 15.4. The van der Waals surface area contributed by atoms with Gasteiger partial charge in [-0.2, -0.15) is 18.8 Å². The zero-order valence-corrected chi connectivity index (χ0v) is 20.9. The van der Waals surface area contributed by atoms with Gasteiger partial charge in [-0.1, -0.05) is 41.9 Å². The van der Waals surface area contributed by atoms with E-state index in [0.717, 1.165) is 5.69 Å². The average molecular weight is 614 g/mol. The molecule has 0 unspecified atom stereocenters. The van der Waals surface area contributed by atoms with Gasteiger partial charge in [0.2, 0.25) is 0 Å². The molecule has 0 bridgehead atoms. The summed E-state index contributed by atoms with van der Waals surface area (Å²) < 4.78 is 2.40. The Kier molecular flexibility index (Phi) is 6.15. The van der Waals surface area contributed by atoms with E-state index in [1.54, 1.807) is 0 Å². The van der Waals surface area contributed by atoms with Crippen molar-refractivity contribution in [2.75, 3.05) is 11.9 Å². The number of anilines is 1. The zero-order valence-electron chi connectivity index (χ0n) is 18.5. The number of benzene rings is 3. The first-order valence-corrected chi connectivity index (χ1v) is 10.4. The summed E-state index contributed by atoms with van der Waals surface area (Å²) in [5, 5.41) is 13.5. The van der Waals surface area contributed by atoms with Crippen LogP contribution in [-0.4, -0.2) is 27.2 Å². The third kappa shape index (κ3) is 3.97. The summed E-state index contributed by atoms with van der Waals surface area (Å²) in [6.45, 7) is 4.91. The fourth-order valence-electron chi connectivity index (χ4n) is 4.39. The summed E-state index contributed by atoms with van der Waals surface area (Å²) in [4.78, 5) is 14.2. The fraction of sp³-hybridized carbons (Fsp3) is 0.111. The van der Waals surface area contributed by atoms with Crippen molar-refractivity contribution in [1.29, 1.82) is 0 Å². The predicted octanol–water partition coefficient (Wildman–Crippen LogP) is 6.01. The topological polar surface area (TPSA) is 48.2 Å². The summed E-state index contributed by atoms with van der Waals surface area (Å²) in [6, 6.07) is 23.1. The first kappa shape index (κ1) is 22.8. The number of aliphatic hydroxyl groups is 1. The fourth-order valence-corrected chi connectivity index (χ4v) is 4.39. The Hall–Kier alpha value is -3.34. The van der Waals surface area contributed by atoms with Crippen LogP contribution in [0.25, 0.3) is 38.1 Å². The second-order valence-corrected chi connectivity index (χ2v) is 8.05. The summed E-state index contributed by atoms with van der Waals surface area (Å²) in [6.07, 6.45) is 5.27. The van der Waals surface area contributed by atoms with Gasteiger partial charge in [0, 0.05) is 42.5 Å². The van der Waals surface area contributed by atoms with Crippen LogP contribution in [0.2, 0.25) is 0 Å². The van der Waals surface area contributed by atoms with Gasteiger partial charge in [-0.3, -0.25) is 4.79 Å². The Morgan fingerprint density at radius 1 is 0.970 bits per heavy atom.